The molecule has 0 radical (unpaired) electrons. The predicted molar refractivity (Wildman–Crippen MR) is 116 cm³/mol. The Hall–Kier alpha value is -3.12. The summed E-state index contributed by atoms with van der Waals surface area (Å²) in [5, 5.41) is 17.2. The predicted octanol–water partition coefficient (Wildman–Crippen LogP) is 3.61. The van der Waals surface area contributed by atoms with E-state index >= 15 is 0 Å². The molecule has 6 nitrogen and oxygen atoms in total. The highest BCUT2D eigenvalue weighted by Gasteiger charge is 2.23. The second-order valence-corrected chi connectivity index (χ2v) is 7.20. The molecule has 0 aliphatic carbocycles. The number of aliphatic hydroxyl groups is 1. The molecule has 0 saturated carbocycles. The molecule has 0 aliphatic heterocycles. The van der Waals surface area contributed by atoms with Gasteiger partial charge < -0.3 is 20.2 Å². The Morgan fingerprint density at radius 3 is 2.52 bits per heavy atom. The Balaban J connectivity index is 1.64. The first-order valence-electron chi connectivity index (χ1n) is 9.79. The smallest absolute Gasteiger partial charge is 0.226 e. The van der Waals surface area contributed by atoms with E-state index in [0.717, 1.165) is 16.8 Å². The van der Waals surface area contributed by atoms with Gasteiger partial charge in [-0.3, -0.25) is 0 Å². The fraction of sp³-hybridized carbons (Fsp3) is 0.304. The van der Waals surface area contributed by atoms with Gasteiger partial charge in [0.05, 0.1) is 13.1 Å². The first-order valence-corrected chi connectivity index (χ1v) is 9.79. The number of oxazole rings is 1. The zero-order chi connectivity index (χ0) is 20.7. The van der Waals surface area contributed by atoms with Gasteiger partial charge in [-0.2, -0.15) is 0 Å². The third-order valence-corrected chi connectivity index (χ3v) is 4.59. The Morgan fingerprint density at radius 2 is 1.83 bits per heavy atom. The van der Waals surface area contributed by atoms with Crippen LogP contribution >= 0.6 is 0 Å². The van der Waals surface area contributed by atoms with Gasteiger partial charge in [-0.1, -0.05) is 48.0 Å². The quantitative estimate of drug-likeness (QED) is 0.423. The van der Waals surface area contributed by atoms with Crippen molar-refractivity contribution in [2.75, 3.05) is 13.1 Å². The van der Waals surface area contributed by atoms with Crippen molar-refractivity contribution in [3.63, 3.8) is 0 Å². The number of aromatic nitrogens is 1. The monoisotopic (exact) mass is 392 g/mol. The van der Waals surface area contributed by atoms with Crippen LogP contribution in [0.25, 0.3) is 11.5 Å². The molecule has 0 spiro atoms. The number of guanidine groups is 1. The lowest BCUT2D eigenvalue weighted by Crippen LogP contribution is -2.44. The molecule has 152 valence electrons. The fourth-order valence-corrected chi connectivity index (χ4v) is 2.87. The number of benzene rings is 2. The lowest BCUT2D eigenvalue weighted by molar-refractivity contribution is 0.0617. The molecule has 0 amide bonds. The minimum atomic E-state index is -1.01. The van der Waals surface area contributed by atoms with E-state index in [1.54, 1.807) is 13.2 Å². The number of hydrogen-bond donors (Lipinski definition) is 3. The molecule has 0 bridgehead atoms. The topological polar surface area (TPSA) is 82.7 Å². The van der Waals surface area contributed by atoms with Crippen LogP contribution in [0.2, 0.25) is 0 Å². The zero-order valence-electron chi connectivity index (χ0n) is 17.1. The van der Waals surface area contributed by atoms with Crippen LogP contribution in [0, 0.1) is 6.92 Å². The highest BCUT2D eigenvalue weighted by Crippen LogP contribution is 2.20. The Bertz CT molecular complexity index is 931. The average Bonchev–Trinajstić information content (AvgIpc) is 3.20. The molecular formula is C23H28N4O2. The van der Waals surface area contributed by atoms with Crippen molar-refractivity contribution >= 4 is 5.96 Å². The molecule has 3 aromatic rings. The van der Waals surface area contributed by atoms with Crippen molar-refractivity contribution in [1.29, 1.82) is 0 Å². The molecule has 3 N–H and O–H groups in total. The van der Waals surface area contributed by atoms with E-state index in [2.05, 4.69) is 20.6 Å². The molecule has 6 heteroatoms. The van der Waals surface area contributed by atoms with Crippen LogP contribution in [0.3, 0.4) is 0 Å². The van der Waals surface area contributed by atoms with E-state index in [9.17, 15) is 5.11 Å². The van der Waals surface area contributed by atoms with Crippen LogP contribution in [0.15, 0.2) is 70.3 Å². The van der Waals surface area contributed by atoms with Crippen LogP contribution in [-0.4, -0.2) is 29.1 Å². The first kappa shape index (κ1) is 20.6. The Morgan fingerprint density at radius 1 is 1.10 bits per heavy atom. The summed E-state index contributed by atoms with van der Waals surface area (Å²) in [7, 11) is 0. The van der Waals surface area contributed by atoms with E-state index in [0.29, 0.717) is 31.5 Å². The fourth-order valence-electron chi connectivity index (χ4n) is 2.87. The van der Waals surface area contributed by atoms with Crippen LogP contribution < -0.4 is 10.6 Å². The van der Waals surface area contributed by atoms with Crippen molar-refractivity contribution in [2.45, 2.75) is 32.9 Å². The zero-order valence-corrected chi connectivity index (χ0v) is 17.1. The van der Waals surface area contributed by atoms with Gasteiger partial charge in [0.2, 0.25) is 5.89 Å². The molecule has 0 saturated heterocycles. The van der Waals surface area contributed by atoms with E-state index in [4.69, 9.17) is 4.42 Å². The van der Waals surface area contributed by atoms with Crippen LogP contribution in [0.4, 0.5) is 0 Å². The van der Waals surface area contributed by atoms with Gasteiger partial charge in [0, 0.05) is 12.1 Å². The summed E-state index contributed by atoms with van der Waals surface area (Å²) in [6.45, 7) is 7.24. The SMILES string of the molecule is CCNC(=NCc1coc(-c2ccc(C)cc2)n1)NCC(C)(O)c1ccccc1. The Kier molecular flexibility index (Phi) is 6.67. The van der Waals surface area contributed by atoms with Gasteiger partial charge in [0.1, 0.15) is 17.6 Å². The molecule has 3 rings (SSSR count). The first-order chi connectivity index (χ1) is 14.0. The number of hydrogen-bond acceptors (Lipinski definition) is 4. The molecule has 29 heavy (non-hydrogen) atoms. The van der Waals surface area contributed by atoms with Crippen molar-refractivity contribution < 1.29 is 9.52 Å². The van der Waals surface area contributed by atoms with Crippen LogP contribution in [0.1, 0.15) is 30.7 Å². The number of nitrogens with zero attached hydrogens (tertiary/aromatic N) is 2. The van der Waals surface area contributed by atoms with Gasteiger partial charge in [-0.05, 0) is 38.5 Å². The van der Waals surface area contributed by atoms with E-state index < -0.39 is 5.60 Å². The second-order valence-electron chi connectivity index (χ2n) is 7.20. The summed E-state index contributed by atoms with van der Waals surface area (Å²) in [5.74, 6) is 1.20. The highest BCUT2D eigenvalue weighted by atomic mass is 16.3. The molecule has 1 heterocycles. The number of aliphatic imine (C=N–C) groups is 1. The summed E-state index contributed by atoms with van der Waals surface area (Å²) < 4.78 is 5.59. The third-order valence-electron chi connectivity index (χ3n) is 4.59. The van der Waals surface area contributed by atoms with Gasteiger partial charge in [-0.15, -0.1) is 0 Å². The van der Waals surface area contributed by atoms with Gasteiger partial charge >= 0.3 is 0 Å². The maximum atomic E-state index is 10.8. The van der Waals surface area contributed by atoms with Gasteiger partial charge in [0.25, 0.3) is 0 Å². The highest BCUT2D eigenvalue weighted by molar-refractivity contribution is 5.79. The number of rotatable bonds is 7. The van der Waals surface area contributed by atoms with E-state index in [1.807, 2.05) is 68.4 Å². The molecule has 1 atom stereocenters. The molecule has 0 aliphatic rings. The molecule has 1 aromatic heterocycles. The second kappa shape index (κ2) is 9.39. The maximum absolute atomic E-state index is 10.8. The molecular weight excluding hydrogens is 364 g/mol. The standard InChI is InChI=1S/C23H28N4O2/c1-4-24-22(26-16-23(3,28)19-8-6-5-7-9-19)25-14-20-15-29-21(27-20)18-12-10-17(2)11-13-18/h5-13,15,28H,4,14,16H2,1-3H3,(H2,24,25,26). The van der Waals surface area contributed by atoms with E-state index in [-0.39, 0.29) is 0 Å². The summed E-state index contributed by atoms with van der Waals surface area (Å²) in [6, 6.07) is 17.6. The number of aryl methyl sites for hydroxylation is 1. The summed E-state index contributed by atoms with van der Waals surface area (Å²) in [4.78, 5) is 9.08. The van der Waals surface area contributed by atoms with Crippen molar-refractivity contribution in [3.8, 4) is 11.5 Å². The summed E-state index contributed by atoms with van der Waals surface area (Å²) in [5.41, 5.74) is 2.71. The normalized spacial score (nSPS) is 13.7. The minimum Gasteiger partial charge on any atom is -0.444 e. The van der Waals surface area contributed by atoms with Crippen molar-refractivity contribution in [2.24, 2.45) is 4.99 Å². The van der Waals surface area contributed by atoms with Crippen molar-refractivity contribution in [1.82, 2.24) is 15.6 Å². The molecule has 0 fully saturated rings. The maximum Gasteiger partial charge on any atom is 0.226 e. The summed E-state index contributed by atoms with van der Waals surface area (Å²) in [6.07, 6.45) is 1.63. The Labute approximate surface area is 171 Å². The molecule has 1 unspecified atom stereocenters. The van der Waals surface area contributed by atoms with Crippen LogP contribution in [0.5, 0.6) is 0 Å². The van der Waals surface area contributed by atoms with Gasteiger partial charge in [0.15, 0.2) is 5.96 Å². The lowest BCUT2D eigenvalue weighted by Gasteiger charge is -2.25. The number of nitrogens with one attached hydrogen (secondary N) is 2. The average molecular weight is 393 g/mol. The minimum absolute atomic E-state index is 0.330. The summed E-state index contributed by atoms with van der Waals surface area (Å²) >= 11 is 0. The van der Waals surface area contributed by atoms with Crippen LogP contribution in [-0.2, 0) is 12.1 Å². The lowest BCUT2D eigenvalue weighted by atomic mass is 9.96. The van der Waals surface area contributed by atoms with Crippen molar-refractivity contribution in [3.05, 3.63) is 77.7 Å². The molecule has 2 aromatic carbocycles. The third kappa shape index (κ3) is 5.68. The van der Waals surface area contributed by atoms with Gasteiger partial charge in [-0.25, -0.2) is 9.98 Å². The largest absolute Gasteiger partial charge is 0.444 e. The van der Waals surface area contributed by atoms with E-state index in [1.165, 1.54) is 5.56 Å².